The van der Waals surface area contributed by atoms with Crippen molar-refractivity contribution in [2.45, 2.75) is 0 Å². The summed E-state index contributed by atoms with van der Waals surface area (Å²) in [6.07, 6.45) is 1.32. The van der Waals surface area contributed by atoms with Crippen LogP contribution in [0.15, 0.2) is 39.4 Å². The second kappa shape index (κ2) is 6.43. The number of fused-ring (bicyclic) bond motifs is 1. The molecule has 4 rings (SSSR count). The zero-order valence-corrected chi connectivity index (χ0v) is 15.0. The van der Waals surface area contributed by atoms with E-state index in [0.29, 0.717) is 9.86 Å². The van der Waals surface area contributed by atoms with Crippen molar-refractivity contribution >= 4 is 49.9 Å². The molecule has 2 aromatic heterocycles. The Bertz CT molecular complexity index is 1180. The Morgan fingerprint density at radius 2 is 1.89 bits per heavy atom. The minimum absolute atomic E-state index is 0.0274. The van der Waals surface area contributed by atoms with E-state index >= 15 is 0 Å². The van der Waals surface area contributed by atoms with Crippen molar-refractivity contribution in [2.24, 2.45) is 0 Å². The average molecular weight is 434 g/mol. The number of anilines is 4. The van der Waals surface area contributed by atoms with E-state index in [1.54, 1.807) is 6.07 Å². The molecule has 2 heterocycles. The first-order valence-corrected chi connectivity index (χ1v) is 8.28. The Labute approximate surface area is 158 Å². The molecule has 0 amide bonds. The lowest BCUT2D eigenvalue weighted by atomic mass is 10.1. The van der Waals surface area contributed by atoms with Crippen LogP contribution in [-0.4, -0.2) is 20.4 Å². The number of aromatic nitrogens is 4. The number of nitrogens with zero attached hydrogens (tertiary/aromatic N) is 4. The molecule has 0 spiro atoms. The van der Waals surface area contributed by atoms with Gasteiger partial charge in [0.2, 0.25) is 0 Å². The van der Waals surface area contributed by atoms with Crippen molar-refractivity contribution in [1.29, 1.82) is 0 Å². The van der Waals surface area contributed by atoms with Crippen LogP contribution in [0.3, 0.4) is 0 Å². The lowest BCUT2D eigenvalue weighted by Gasteiger charge is -2.13. The van der Waals surface area contributed by atoms with Crippen molar-refractivity contribution in [3.05, 3.63) is 46.6 Å². The fourth-order valence-electron chi connectivity index (χ4n) is 2.56. The Hall–Kier alpha value is -3.34. The van der Waals surface area contributed by atoms with Gasteiger partial charge >= 0.3 is 6.01 Å². The quantitative estimate of drug-likeness (QED) is 0.446. The van der Waals surface area contributed by atoms with Crippen LogP contribution < -0.4 is 16.8 Å². The maximum Gasteiger partial charge on any atom is 0.313 e. The van der Waals surface area contributed by atoms with Crippen LogP contribution in [0.5, 0.6) is 0 Å². The van der Waals surface area contributed by atoms with Gasteiger partial charge in [0.1, 0.15) is 11.3 Å². The minimum Gasteiger partial charge on any atom is -0.403 e. The van der Waals surface area contributed by atoms with Gasteiger partial charge in [-0.25, -0.2) is 8.78 Å². The molecule has 0 atom stereocenters. The van der Waals surface area contributed by atoms with E-state index in [0.717, 1.165) is 0 Å². The predicted octanol–water partition coefficient (Wildman–Crippen LogP) is 3.63. The van der Waals surface area contributed by atoms with Crippen LogP contribution in [0.4, 0.5) is 31.9 Å². The van der Waals surface area contributed by atoms with E-state index in [-0.39, 0.29) is 40.0 Å². The Morgan fingerprint density at radius 1 is 1.07 bits per heavy atom. The highest BCUT2D eigenvalue weighted by atomic mass is 79.9. The van der Waals surface area contributed by atoms with Gasteiger partial charge < -0.3 is 21.2 Å². The number of hydrogen-bond acceptors (Lipinski definition) is 8. The summed E-state index contributed by atoms with van der Waals surface area (Å²) in [5.74, 6) is -1.43. The number of hydrogen-bond donors (Lipinski definition) is 3. The second-order valence-electron chi connectivity index (χ2n) is 5.50. The van der Waals surface area contributed by atoms with Crippen LogP contribution in [-0.2, 0) is 0 Å². The van der Waals surface area contributed by atoms with Crippen molar-refractivity contribution in [1.82, 2.24) is 20.4 Å². The molecule has 136 valence electrons. The van der Waals surface area contributed by atoms with E-state index in [9.17, 15) is 8.78 Å². The van der Waals surface area contributed by atoms with Gasteiger partial charge in [0.15, 0.2) is 5.82 Å². The summed E-state index contributed by atoms with van der Waals surface area (Å²) < 4.78 is 35.1. The first-order valence-electron chi connectivity index (χ1n) is 7.49. The van der Waals surface area contributed by atoms with Crippen LogP contribution >= 0.6 is 15.9 Å². The summed E-state index contributed by atoms with van der Waals surface area (Å²) in [7, 11) is 0. The highest BCUT2D eigenvalue weighted by Crippen LogP contribution is 2.36. The lowest BCUT2D eigenvalue weighted by Crippen LogP contribution is -2.02. The Balaban J connectivity index is 1.86. The highest BCUT2D eigenvalue weighted by molar-refractivity contribution is 9.10. The summed E-state index contributed by atoms with van der Waals surface area (Å²) in [6.45, 7) is 0. The third kappa shape index (κ3) is 3.01. The first kappa shape index (κ1) is 17.1. The van der Waals surface area contributed by atoms with E-state index in [4.69, 9.17) is 15.9 Å². The largest absolute Gasteiger partial charge is 0.403 e. The fourth-order valence-corrected chi connectivity index (χ4v) is 2.99. The van der Waals surface area contributed by atoms with E-state index < -0.39 is 11.6 Å². The smallest absolute Gasteiger partial charge is 0.313 e. The van der Waals surface area contributed by atoms with Gasteiger partial charge in [-0.05, 0) is 24.3 Å². The molecule has 0 aliphatic rings. The molecule has 27 heavy (non-hydrogen) atoms. The molecule has 0 saturated heterocycles. The number of nitrogen functional groups attached to an aromatic ring is 2. The van der Waals surface area contributed by atoms with Crippen molar-refractivity contribution in [3.8, 4) is 11.5 Å². The van der Waals surface area contributed by atoms with Gasteiger partial charge in [0.25, 0.3) is 5.89 Å². The van der Waals surface area contributed by atoms with Crippen LogP contribution in [0.25, 0.3) is 22.4 Å². The summed E-state index contributed by atoms with van der Waals surface area (Å²) in [4.78, 5) is 0. The van der Waals surface area contributed by atoms with Gasteiger partial charge in [0, 0.05) is 9.86 Å². The monoisotopic (exact) mass is 433 g/mol. The topological polar surface area (TPSA) is 129 Å². The van der Waals surface area contributed by atoms with Crippen molar-refractivity contribution in [2.75, 3.05) is 16.8 Å². The molecule has 0 fully saturated rings. The van der Waals surface area contributed by atoms with Gasteiger partial charge in [-0.2, -0.15) is 5.10 Å². The fraction of sp³-hybridized carbons (Fsp3) is 0. The highest BCUT2D eigenvalue weighted by Gasteiger charge is 2.19. The maximum atomic E-state index is 14.9. The second-order valence-corrected chi connectivity index (χ2v) is 6.42. The third-order valence-corrected chi connectivity index (χ3v) is 4.23. The average Bonchev–Trinajstić information content (AvgIpc) is 3.06. The lowest BCUT2D eigenvalue weighted by molar-refractivity contribution is 0.588. The summed E-state index contributed by atoms with van der Waals surface area (Å²) >= 11 is 3.20. The van der Waals surface area contributed by atoms with Gasteiger partial charge in [0.05, 0.1) is 28.8 Å². The summed E-state index contributed by atoms with van der Waals surface area (Å²) in [6, 6.07) is 5.55. The molecule has 8 nitrogen and oxygen atoms in total. The van der Waals surface area contributed by atoms with E-state index in [2.05, 4.69) is 41.6 Å². The minimum atomic E-state index is -0.731. The number of benzene rings is 2. The zero-order chi connectivity index (χ0) is 19.1. The summed E-state index contributed by atoms with van der Waals surface area (Å²) in [5.41, 5.74) is 11.6. The molecule has 0 radical (unpaired) electrons. The van der Waals surface area contributed by atoms with Gasteiger partial charge in [-0.1, -0.05) is 21.0 Å². The molecule has 11 heteroatoms. The first-order chi connectivity index (χ1) is 12.9. The molecule has 0 aliphatic carbocycles. The zero-order valence-electron chi connectivity index (χ0n) is 13.4. The van der Waals surface area contributed by atoms with E-state index in [1.165, 1.54) is 24.4 Å². The summed E-state index contributed by atoms with van der Waals surface area (Å²) in [5, 5.41) is 17.8. The standard InChI is InChI=1S/C16H10BrF2N7O/c17-6-3-8(15-25-26-16(21)27-15)13(9(18)4-6)23-11-2-1-7-10(20)5-22-24-14(7)12(11)19/h1-5,23H,(H2,20,24)(H2,21,26). The molecule has 2 aromatic carbocycles. The van der Waals surface area contributed by atoms with Crippen LogP contribution in [0.1, 0.15) is 0 Å². The van der Waals surface area contributed by atoms with Crippen LogP contribution in [0.2, 0.25) is 0 Å². The normalized spacial score (nSPS) is 11.1. The molecule has 0 saturated carbocycles. The predicted molar refractivity (Wildman–Crippen MR) is 99.0 cm³/mol. The maximum absolute atomic E-state index is 14.9. The molecule has 0 bridgehead atoms. The molecule has 5 N–H and O–H groups in total. The number of halogens is 3. The molecular formula is C16H10BrF2N7O. The molecule has 0 unspecified atom stereocenters. The SMILES string of the molecule is Nc1nnc(-c2cc(Br)cc(F)c2Nc2ccc3c(N)cnnc3c2F)o1. The van der Waals surface area contributed by atoms with Gasteiger partial charge in [-0.3, -0.25) is 0 Å². The number of nitrogens with one attached hydrogen (secondary N) is 1. The van der Waals surface area contributed by atoms with Crippen molar-refractivity contribution < 1.29 is 13.2 Å². The van der Waals surface area contributed by atoms with E-state index in [1.807, 2.05) is 0 Å². The van der Waals surface area contributed by atoms with Gasteiger partial charge in [-0.15, -0.1) is 10.2 Å². The van der Waals surface area contributed by atoms with Crippen molar-refractivity contribution in [3.63, 3.8) is 0 Å². The number of rotatable bonds is 3. The third-order valence-electron chi connectivity index (χ3n) is 3.77. The molecule has 0 aliphatic heterocycles. The Morgan fingerprint density at radius 3 is 2.63 bits per heavy atom. The molecule has 4 aromatic rings. The van der Waals surface area contributed by atoms with Crippen LogP contribution in [0, 0.1) is 11.6 Å². The molecular weight excluding hydrogens is 424 g/mol. The number of nitrogens with two attached hydrogens (primary N) is 2. The Kier molecular flexibility index (Phi) is 4.07.